The summed E-state index contributed by atoms with van der Waals surface area (Å²) in [7, 11) is 0. The molecule has 0 unspecified atom stereocenters. The smallest absolute Gasteiger partial charge is 0.357 e. The minimum atomic E-state index is -0.760. The van der Waals surface area contributed by atoms with Crippen LogP contribution in [0.4, 0.5) is 0 Å². The lowest BCUT2D eigenvalue weighted by Gasteiger charge is -2.14. The van der Waals surface area contributed by atoms with Crippen molar-refractivity contribution in [3.63, 3.8) is 0 Å². The predicted octanol–water partition coefficient (Wildman–Crippen LogP) is 0.672. The predicted molar refractivity (Wildman–Crippen MR) is 90.1 cm³/mol. The molecule has 0 radical (unpaired) electrons. The SMILES string of the molecule is Cc1nnnn1/C(=C\c1ccccc1)C(=O)OCC(=O)N1CCCC1=O. The quantitative estimate of drug-likeness (QED) is 0.573. The van der Waals surface area contributed by atoms with Crippen LogP contribution >= 0.6 is 0 Å². The zero-order valence-corrected chi connectivity index (χ0v) is 14.2. The lowest BCUT2D eigenvalue weighted by Crippen LogP contribution is -2.35. The van der Waals surface area contributed by atoms with Crippen LogP contribution in [0.25, 0.3) is 11.8 Å². The van der Waals surface area contributed by atoms with Crippen LogP contribution in [0.15, 0.2) is 30.3 Å². The van der Waals surface area contributed by atoms with Gasteiger partial charge in [-0.25, -0.2) is 4.79 Å². The number of aryl methyl sites for hydroxylation is 1. The number of hydrogen-bond donors (Lipinski definition) is 0. The third kappa shape index (κ3) is 3.82. The van der Waals surface area contributed by atoms with E-state index in [1.165, 1.54) is 4.68 Å². The molecule has 3 rings (SSSR count). The number of carbonyl (C=O) groups is 3. The molecule has 0 bridgehead atoms. The molecule has 1 aliphatic heterocycles. The second-order valence-electron chi connectivity index (χ2n) is 5.70. The molecule has 134 valence electrons. The Bertz CT molecular complexity index is 859. The van der Waals surface area contributed by atoms with Crippen LogP contribution in [-0.2, 0) is 19.1 Å². The number of carbonyl (C=O) groups excluding carboxylic acids is 3. The summed E-state index contributed by atoms with van der Waals surface area (Å²) in [5.41, 5.74) is 0.814. The molecule has 0 aliphatic carbocycles. The molecule has 1 fully saturated rings. The molecule has 0 N–H and O–H groups in total. The van der Waals surface area contributed by atoms with Gasteiger partial charge in [-0.15, -0.1) is 5.10 Å². The third-order valence-electron chi connectivity index (χ3n) is 3.87. The summed E-state index contributed by atoms with van der Waals surface area (Å²) in [5, 5.41) is 11.1. The minimum absolute atomic E-state index is 0.0687. The van der Waals surface area contributed by atoms with Crippen molar-refractivity contribution in [1.82, 2.24) is 25.1 Å². The standard InChI is InChI=1S/C17H17N5O4/c1-12-18-19-20-22(12)14(10-13-6-3-2-4-7-13)17(25)26-11-16(24)21-9-5-8-15(21)23/h2-4,6-7,10H,5,8-9,11H2,1H3/b14-10-. The summed E-state index contributed by atoms with van der Waals surface area (Å²) >= 11 is 0. The van der Waals surface area contributed by atoms with Gasteiger partial charge < -0.3 is 4.74 Å². The van der Waals surface area contributed by atoms with Gasteiger partial charge in [-0.1, -0.05) is 30.3 Å². The van der Waals surface area contributed by atoms with Crippen molar-refractivity contribution in [2.45, 2.75) is 19.8 Å². The van der Waals surface area contributed by atoms with Gasteiger partial charge in [0.05, 0.1) is 0 Å². The van der Waals surface area contributed by atoms with Crippen LogP contribution in [0.5, 0.6) is 0 Å². The van der Waals surface area contributed by atoms with Gasteiger partial charge in [0.1, 0.15) is 0 Å². The largest absolute Gasteiger partial charge is 0.451 e. The van der Waals surface area contributed by atoms with Gasteiger partial charge in [0.2, 0.25) is 5.91 Å². The van der Waals surface area contributed by atoms with Crippen LogP contribution in [0.2, 0.25) is 0 Å². The number of amides is 2. The number of imide groups is 1. The van der Waals surface area contributed by atoms with Crippen molar-refractivity contribution in [3.05, 3.63) is 41.7 Å². The lowest BCUT2D eigenvalue weighted by molar-refractivity contribution is -0.151. The van der Waals surface area contributed by atoms with Crippen LogP contribution in [0.3, 0.4) is 0 Å². The first kappa shape index (κ1) is 17.5. The monoisotopic (exact) mass is 355 g/mol. The second-order valence-corrected chi connectivity index (χ2v) is 5.70. The first-order valence-corrected chi connectivity index (χ1v) is 8.08. The van der Waals surface area contributed by atoms with Crippen LogP contribution < -0.4 is 0 Å². The maximum Gasteiger partial charge on any atom is 0.357 e. The summed E-state index contributed by atoms with van der Waals surface area (Å²) in [5.74, 6) is -1.15. The topological polar surface area (TPSA) is 107 Å². The molecule has 1 aromatic carbocycles. The van der Waals surface area contributed by atoms with Crippen molar-refractivity contribution in [2.75, 3.05) is 13.2 Å². The molecule has 1 aliphatic rings. The number of aromatic nitrogens is 4. The molecule has 0 spiro atoms. The normalized spacial score (nSPS) is 14.6. The first-order valence-electron chi connectivity index (χ1n) is 8.08. The summed E-state index contributed by atoms with van der Waals surface area (Å²) in [6, 6.07) is 9.11. The third-order valence-corrected chi connectivity index (χ3v) is 3.87. The van der Waals surface area contributed by atoms with Gasteiger partial charge in [-0.2, -0.15) is 4.68 Å². The highest BCUT2D eigenvalue weighted by molar-refractivity contribution is 6.15. The fourth-order valence-corrected chi connectivity index (χ4v) is 2.56. The number of esters is 1. The van der Waals surface area contributed by atoms with E-state index in [-0.39, 0.29) is 11.6 Å². The fraction of sp³-hybridized carbons (Fsp3) is 0.294. The van der Waals surface area contributed by atoms with Gasteiger partial charge in [-0.05, 0) is 35.4 Å². The summed E-state index contributed by atoms with van der Waals surface area (Å²) < 4.78 is 6.35. The average Bonchev–Trinajstić information content (AvgIpc) is 3.26. The highest BCUT2D eigenvalue weighted by atomic mass is 16.5. The van der Waals surface area contributed by atoms with Crippen LogP contribution in [0, 0.1) is 6.92 Å². The first-order chi connectivity index (χ1) is 12.6. The zero-order valence-electron chi connectivity index (χ0n) is 14.2. The Hall–Kier alpha value is -3.36. The van der Waals surface area contributed by atoms with Gasteiger partial charge in [0.25, 0.3) is 5.91 Å². The van der Waals surface area contributed by atoms with Crippen molar-refractivity contribution in [1.29, 1.82) is 0 Å². The van der Waals surface area contributed by atoms with Crippen molar-refractivity contribution >= 4 is 29.6 Å². The van der Waals surface area contributed by atoms with Gasteiger partial charge in [-0.3, -0.25) is 14.5 Å². The molecule has 1 saturated heterocycles. The van der Waals surface area contributed by atoms with E-state index in [2.05, 4.69) is 15.5 Å². The van der Waals surface area contributed by atoms with E-state index in [1.54, 1.807) is 25.1 Å². The van der Waals surface area contributed by atoms with Crippen LogP contribution in [0.1, 0.15) is 24.2 Å². The average molecular weight is 355 g/mol. The van der Waals surface area contributed by atoms with Crippen LogP contribution in [-0.4, -0.2) is 56.0 Å². The van der Waals surface area contributed by atoms with E-state index >= 15 is 0 Å². The van der Waals surface area contributed by atoms with Crippen molar-refractivity contribution in [3.8, 4) is 0 Å². The lowest BCUT2D eigenvalue weighted by atomic mass is 10.2. The summed E-state index contributed by atoms with van der Waals surface area (Å²) in [4.78, 5) is 37.3. The highest BCUT2D eigenvalue weighted by Gasteiger charge is 2.28. The molecule has 0 atom stereocenters. The second kappa shape index (κ2) is 7.68. The number of tetrazole rings is 1. The molecular formula is C17H17N5O4. The van der Waals surface area contributed by atoms with E-state index in [0.717, 1.165) is 10.5 Å². The molecule has 1 aromatic heterocycles. The Balaban J connectivity index is 1.77. The maximum atomic E-state index is 12.5. The summed E-state index contributed by atoms with van der Waals surface area (Å²) in [6.07, 6.45) is 2.53. The van der Waals surface area contributed by atoms with E-state index < -0.39 is 18.5 Å². The Morgan fingerprint density at radius 2 is 2.04 bits per heavy atom. The van der Waals surface area contributed by atoms with E-state index in [4.69, 9.17) is 4.74 Å². The maximum absolute atomic E-state index is 12.5. The fourth-order valence-electron chi connectivity index (χ4n) is 2.56. The van der Waals surface area contributed by atoms with E-state index in [1.807, 2.05) is 18.2 Å². The van der Waals surface area contributed by atoms with E-state index in [0.29, 0.717) is 25.2 Å². The number of benzene rings is 1. The Morgan fingerprint density at radius 1 is 1.27 bits per heavy atom. The Morgan fingerprint density at radius 3 is 2.65 bits per heavy atom. The Kier molecular flexibility index (Phi) is 5.16. The van der Waals surface area contributed by atoms with Gasteiger partial charge in [0, 0.05) is 13.0 Å². The number of nitrogens with zero attached hydrogens (tertiary/aromatic N) is 5. The van der Waals surface area contributed by atoms with Gasteiger partial charge >= 0.3 is 5.97 Å². The van der Waals surface area contributed by atoms with Crippen molar-refractivity contribution in [2.24, 2.45) is 0 Å². The number of hydrogen-bond acceptors (Lipinski definition) is 7. The molecule has 2 heterocycles. The zero-order chi connectivity index (χ0) is 18.5. The Labute approximate surface area is 149 Å². The number of ether oxygens (including phenoxy) is 1. The molecule has 9 nitrogen and oxygen atoms in total. The molecule has 2 amide bonds. The molecule has 9 heteroatoms. The number of likely N-dealkylation sites (tertiary alicyclic amines) is 1. The molecule has 2 aromatic rings. The summed E-state index contributed by atoms with van der Waals surface area (Å²) in [6.45, 7) is 1.48. The molecular weight excluding hydrogens is 338 g/mol. The minimum Gasteiger partial charge on any atom is -0.451 e. The molecule has 0 saturated carbocycles. The van der Waals surface area contributed by atoms with Crippen molar-refractivity contribution < 1.29 is 19.1 Å². The van der Waals surface area contributed by atoms with E-state index in [9.17, 15) is 14.4 Å². The highest BCUT2D eigenvalue weighted by Crippen LogP contribution is 2.14. The van der Waals surface area contributed by atoms with Gasteiger partial charge in [0.15, 0.2) is 18.1 Å². The number of rotatable bonds is 5. The molecule has 26 heavy (non-hydrogen) atoms.